The zero-order chi connectivity index (χ0) is 12.9. The van der Waals surface area contributed by atoms with Crippen LogP contribution in [0.3, 0.4) is 0 Å². The highest BCUT2D eigenvalue weighted by atomic mass is 32.2. The molecule has 0 unspecified atom stereocenters. The van der Waals surface area contributed by atoms with Crippen LogP contribution in [0, 0.1) is 5.41 Å². The maximum Gasteiger partial charge on any atom is 0.421 e. The summed E-state index contributed by atoms with van der Waals surface area (Å²) in [4.78, 5) is 10.8. The van der Waals surface area contributed by atoms with E-state index in [-0.39, 0.29) is 13.2 Å². The van der Waals surface area contributed by atoms with Gasteiger partial charge in [-0.05, 0) is 12.8 Å². The van der Waals surface area contributed by atoms with Crippen molar-refractivity contribution in [3.05, 3.63) is 0 Å². The third kappa shape index (κ3) is 4.14. The Bertz CT molecular complexity index is 362. The number of nitrogens with one attached hydrogen (secondary N) is 2. The number of hydrogen-bond donors (Lipinski definition) is 3. The number of ether oxygens (including phenoxy) is 1. The molecule has 0 aromatic heterocycles. The van der Waals surface area contributed by atoms with E-state index in [1.54, 1.807) is 4.72 Å². The predicted molar refractivity (Wildman–Crippen MR) is 60.5 cm³/mol. The molecule has 0 heterocycles. The Morgan fingerprint density at radius 2 is 2.00 bits per heavy atom. The molecule has 100 valence electrons. The second-order valence-electron chi connectivity index (χ2n) is 4.28. The molecule has 1 aliphatic rings. The number of carbonyl (C=O) groups is 1. The molecule has 1 saturated carbocycles. The van der Waals surface area contributed by atoms with Gasteiger partial charge in [0.15, 0.2) is 0 Å². The first-order chi connectivity index (χ1) is 7.93. The van der Waals surface area contributed by atoms with Crippen LogP contribution in [0.1, 0.15) is 25.7 Å². The van der Waals surface area contributed by atoms with Gasteiger partial charge in [0.1, 0.15) is 0 Å². The van der Waals surface area contributed by atoms with Crippen LogP contribution in [0.15, 0.2) is 0 Å². The molecule has 0 aromatic rings. The van der Waals surface area contributed by atoms with E-state index in [2.05, 4.69) is 9.46 Å². The molecule has 0 saturated heterocycles. The summed E-state index contributed by atoms with van der Waals surface area (Å²) >= 11 is 0. The van der Waals surface area contributed by atoms with Gasteiger partial charge in [0.25, 0.3) is 0 Å². The SMILES string of the molecule is COC(=O)NS(=O)(=O)NCC1(CO)CCCC1. The van der Waals surface area contributed by atoms with E-state index in [4.69, 9.17) is 0 Å². The van der Waals surface area contributed by atoms with E-state index in [0.29, 0.717) is 0 Å². The van der Waals surface area contributed by atoms with Gasteiger partial charge in [0.2, 0.25) is 0 Å². The molecule has 1 amide bonds. The van der Waals surface area contributed by atoms with Crippen LogP contribution < -0.4 is 9.44 Å². The van der Waals surface area contributed by atoms with Crippen molar-refractivity contribution in [1.29, 1.82) is 0 Å². The van der Waals surface area contributed by atoms with E-state index in [9.17, 15) is 18.3 Å². The second-order valence-corrected chi connectivity index (χ2v) is 5.78. The standard InChI is InChI=1S/C9H18N2O5S/c1-16-8(13)11-17(14,15)10-6-9(7-12)4-2-3-5-9/h10,12H,2-7H2,1H3,(H,11,13). The lowest BCUT2D eigenvalue weighted by Gasteiger charge is -2.26. The van der Waals surface area contributed by atoms with E-state index in [1.165, 1.54) is 0 Å². The molecule has 1 rings (SSSR count). The first-order valence-corrected chi connectivity index (χ1v) is 6.88. The van der Waals surface area contributed by atoms with Gasteiger partial charge in [-0.2, -0.15) is 13.1 Å². The average molecular weight is 266 g/mol. The molecule has 0 aliphatic heterocycles. The van der Waals surface area contributed by atoms with Crippen molar-refractivity contribution < 1.29 is 23.1 Å². The smallest absolute Gasteiger partial charge is 0.421 e. The number of methoxy groups -OCH3 is 1. The zero-order valence-electron chi connectivity index (χ0n) is 9.73. The number of aliphatic hydroxyl groups excluding tert-OH is 1. The maximum absolute atomic E-state index is 11.4. The lowest BCUT2D eigenvalue weighted by molar-refractivity contribution is 0.134. The van der Waals surface area contributed by atoms with Gasteiger partial charge in [-0.3, -0.25) is 0 Å². The molecule has 1 aliphatic carbocycles. The van der Waals surface area contributed by atoms with Gasteiger partial charge in [0, 0.05) is 18.6 Å². The summed E-state index contributed by atoms with van der Waals surface area (Å²) in [5.74, 6) is 0. The van der Waals surface area contributed by atoms with Gasteiger partial charge in [-0.15, -0.1) is 0 Å². The predicted octanol–water partition coefficient (Wildman–Crippen LogP) is -0.270. The lowest BCUT2D eigenvalue weighted by Crippen LogP contribution is -2.45. The Morgan fingerprint density at radius 3 is 2.47 bits per heavy atom. The fraction of sp³-hybridized carbons (Fsp3) is 0.889. The summed E-state index contributed by atoms with van der Waals surface area (Å²) in [6.07, 6.45) is 2.48. The Labute approximate surface area is 101 Å². The van der Waals surface area contributed by atoms with Crippen molar-refractivity contribution in [2.24, 2.45) is 5.41 Å². The number of carbonyl (C=O) groups excluding carboxylic acids is 1. The maximum atomic E-state index is 11.4. The normalized spacial score (nSPS) is 18.9. The molecule has 17 heavy (non-hydrogen) atoms. The summed E-state index contributed by atoms with van der Waals surface area (Å²) in [7, 11) is -2.83. The topological polar surface area (TPSA) is 105 Å². The summed E-state index contributed by atoms with van der Waals surface area (Å²) < 4.78 is 31.0. The van der Waals surface area contributed by atoms with Crippen LogP contribution in [-0.4, -0.2) is 39.9 Å². The minimum absolute atomic E-state index is 0.0618. The van der Waals surface area contributed by atoms with Crippen LogP contribution in [0.2, 0.25) is 0 Å². The van der Waals surface area contributed by atoms with Gasteiger partial charge in [-0.1, -0.05) is 12.8 Å². The summed E-state index contributed by atoms with van der Waals surface area (Å²) in [6, 6.07) is 0. The van der Waals surface area contributed by atoms with Gasteiger partial charge in [-0.25, -0.2) is 9.52 Å². The molecule has 8 heteroatoms. The molecule has 0 radical (unpaired) electrons. The molecular weight excluding hydrogens is 248 g/mol. The van der Waals surface area contributed by atoms with Crippen molar-refractivity contribution >= 4 is 16.3 Å². The highest BCUT2D eigenvalue weighted by Gasteiger charge is 2.34. The minimum atomic E-state index is -3.91. The zero-order valence-corrected chi connectivity index (χ0v) is 10.5. The van der Waals surface area contributed by atoms with Gasteiger partial charge in [0.05, 0.1) is 7.11 Å². The fourth-order valence-corrected chi connectivity index (χ4v) is 2.82. The summed E-state index contributed by atoms with van der Waals surface area (Å²) in [6.45, 7) is 0.0591. The quantitative estimate of drug-likeness (QED) is 0.635. The monoisotopic (exact) mass is 266 g/mol. The Morgan fingerprint density at radius 1 is 1.41 bits per heavy atom. The summed E-state index contributed by atoms with van der Waals surface area (Å²) in [5.41, 5.74) is -0.398. The molecule has 0 spiro atoms. The summed E-state index contributed by atoms with van der Waals surface area (Å²) in [5, 5.41) is 9.29. The van der Waals surface area contributed by atoms with Crippen molar-refractivity contribution in [3.63, 3.8) is 0 Å². The lowest BCUT2D eigenvalue weighted by atomic mass is 9.88. The molecule has 3 N–H and O–H groups in total. The largest absolute Gasteiger partial charge is 0.452 e. The van der Waals surface area contributed by atoms with Gasteiger partial charge < -0.3 is 9.84 Å². The van der Waals surface area contributed by atoms with Crippen molar-refractivity contribution in [2.75, 3.05) is 20.3 Å². The van der Waals surface area contributed by atoms with Crippen molar-refractivity contribution in [1.82, 2.24) is 9.44 Å². The van der Waals surface area contributed by atoms with Crippen molar-refractivity contribution in [2.45, 2.75) is 25.7 Å². The average Bonchev–Trinajstić information content (AvgIpc) is 2.75. The third-order valence-electron chi connectivity index (χ3n) is 3.04. The first kappa shape index (κ1) is 14.2. The first-order valence-electron chi connectivity index (χ1n) is 5.39. The number of rotatable bonds is 5. The number of hydrogen-bond acceptors (Lipinski definition) is 5. The van der Waals surface area contributed by atoms with Crippen LogP contribution >= 0.6 is 0 Å². The Hall–Kier alpha value is -0.860. The molecular formula is C9H18N2O5S. The van der Waals surface area contributed by atoms with Crippen LogP contribution in [0.5, 0.6) is 0 Å². The third-order valence-corrected chi connectivity index (χ3v) is 4.00. The number of amides is 1. The minimum Gasteiger partial charge on any atom is -0.452 e. The molecule has 1 fully saturated rings. The van der Waals surface area contributed by atoms with Crippen LogP contribution in [0.25, 0.3) is 0 Å². The van der Waals surface area contributed by atoms with Gasteiger partial charge >= 0.3 is 16.3 Å². The Kier molecular flexibility index (Phi) is 4.72. The molecule has 0 atom stereocenters. The van der Waals surface area contributed by atoms with Crippen LogP contribution in [0.4, 0.5) is 4.79 Å². The van der Waals surface area contributed by atoms with E-state index >= 15 is 0 Å². The fourth-order valence-electron chi connectivity index (χ4n) is 1.95. The highest BCUT2D eigenvalue weighted by Crippen LogP contribution is 2.36. The second kappa shape index (κ2) is 5.65. The molecule has 7 nitrogen and oxygen atoms in total. The number of aliphatic hydroxyl groups is 1. The Balaban J connectivity index is 2.51. The van der Waals surface area contributed by atoms with Crippen molar-refractivity contribution in [3.8, 4) is 0 Å². The van der Waals surface area contributed by atoms with E-state index in [1.807, 2.05) is 0 Å². The molecule has 0 aromatic carbocycles. The van der Waals surface area contributed by atoms with E-state index < -0.39 is 21.7 Å². The highest BCUT2D eigenvalue weighted by molar-refractivity contribution is 7.88. The van der Waals surface area contributed by atoms with E-state index in [0.717, 1.165) is 32.8 Å². The molecule has 0 bridgehead atoms. The van der Waals surface area contributed by atoms with Crippen LogP contribution in [-0.2, 0) is 14.9 Å².